The number of nitrogens with two attached hydrogens (primary N) is 1. The van der Waals surface area contributed by atoms with E-state index in [1.54, 1.807) is 0 Å². The number of nitrogens with zero attached hydrogens (tertiary/aromatic N) is 1. The van der Waals surface area contributed by atoms with Gasteiger partial charge in [0.15, 0.2) is 0 Å². The van der Waals surface area contributed by atoms with Crippen LogP contribution in [-0.4, -0.2) is 30.1 Å². The first-order chi connectivity index (χ1) is 7.10. The van der Waals surface area contributed by atoms with Crippen LogP contribution < -0.4 is 5.73 Å². The highest BCUT2D eigenvalue weighted by Crippen LogP contribution is 2.44. The van der Waals surface area contributed by atoms with Crippen molar-refractivity contribution in [3.8, 4) is 0 Å². The Bertz CT molecular complexity index is 225. The van der Waals surface area contributed by atoms with Gasteiger partial charge in [-0.25, -0.2) is 0 Å². The molecule has 0 aromatic carbocycles. The van der Waals surface area contributed by atoms with Crippen LogP contribution in [0.15, 0.2) is 0 Å². The number of likely N-dealkylation sites (N-methyl/N-ethyl adjacent to an activating group) is 1. The Kier molecular flexibility index (Phi) is 3.09. The molecule has 2 heteroatoms. The molecular formula is C13H26N2. The molecule has 0 aliphatic heterocycles. The largest absolute Gasteiger partial charge is 0.329 e. The topological polar surface area (TPSA) is 29.3 Å². The van der Waals surface area contributed by atoms with Crippen molar-refractivity contribution in [2.45, 2.75) is 57.5 Å². The lowest BCUT2D eigenvalue weighted by atomic mass is 9.68. The van der Waals surface area contributed by atoms with E-state index >= 15 is 0 Å². The van der Waals surface area contributed by atoms with Crippen LogP contribution in [0, 0.1) is 11.8 Å². The van der Waals surface area contributed by atoms with E-state index in [0.29, 0.717) is 5.54 Å². The predicted octanol–water partition coefficient (Wildman–Crippen LogP) is 2.23. The van der Waals surface area contributed by atoms with Crippen molar-refractivity contribution in [2.75, 3.05) is 13.6 Å². The first-order valence-electron chi connectivity index (χ1n) is 6.53. The van der Waals surface area contributed by atoms with Gasteiger partial charge in [-0.1, -0.05) is 20.3 Å². The molecule has 0 heterocycles. The Morgan fingerprint density at radius 1 is 1.20 bits per heavy atom. The summed E-state index contributed by atoms with van der Waals surface area (Å²) in [5, 5.41) is 0. The number of hydrogen-bond donors (Lipinski definition) is 1. The summed E-state index contributed by atoms with van der Waals surface area (Å²) >= 11 is 0. The van der Waals surface area contributed by atoms with Crippen LogP contribution in [0.4, 0.5) is 0 Å². The summed E-state index contributed by atoms with van der Waals surface area (Å²) in [6.07, 6.45) is 6.83. The molecule has 0 aromatic heterocycles. The molecule has 2 nitrogen and oxygen atoms in total. The SMILES string of the molecule is CC1CCC(C)C(CN)(N(C)C2CC2)C1. The van der Waals surface area contributed by atoms with Gasteiger partial charge in [0.1, 0.15) is 0 Å². The van der Waals surface area contributed by atoms with Crippen LogP contribution in [0.1, 0.15) is 46.0 Å². The van der Waals surface area contributed by atoms with Crippen molar-refractivity contribution >= 4 is 0 Å². The maximum Gasteiger partial charge on any atom is 0.0359 e. The van der Waals surface area contributed by atoms with Crippen LogP contribution in [-0.2, 0) is 0 Å². The maximum atomic E-state index is 6.12. The fraction of sp³-hybridized carbons (Fsp3) is 1.00. The second-order valence-corrected chi connectivity index (χ2v) is 5.94. The van der Waals surface area contributed by atoms with Gasteiger partial charge in [0.05, 0.1) is 0 Å². The number of rotatable bonds is 3. The maximum absolute atomic E-state index is 6.12. The lowest BCUT2D eigenvalue weighted by molar-refractivity contribution is 0.00887. The lowest BCUT2D eigenvalue weighted by Gasteiger charge is -2.50. The van der Waals surface area contributed by atoms with Crippen LogP contribution in [0.2, 0.25) is 0 Å². The molecule has 2 N–H and O–H groups in total. The van der Waals surface area contributed by atoms with Crippen molar-refractivity contribution in [1.82, 2.24) is 4.90 Å². The average molecular weight is 210 g/mol. The van der Waals surface area contributed by atoms with E-state index in [1.807, 2.05) is 0 Å². The summed E-state index contributed by atoms with van der Waals surface area (Å²) in [6, 6.07) is 0.835. The number of hydrogen-bond acceptors (Lipinski definition) is 2. The molecule has 3 atom stereocenters. The molecule has 15 heavy (non-hydrogen) atoms. The summed E-state index contributed by atoms with van der Waals surface area (Å²) < 4.78 is 0. The zero-order valence-corrected chi connectivity index (χ0v) is 10.5. The van der Waals surface area contributed by atoms with E-state index in [2.05, 4.69) is 25.8 Å². The van der Waals surface area contributed by atoms with Gasteiger partial charge in [-0.3, -0.25) is 4.90 Å². The molecule has 2 aliphatic carbocycles. The third-order valence-corrected chi connectivity index (χ3v) is 4.86. The summed E-state index contributed by atoms with van der Waals surface area (Å²) in [6.45, 7) is 5.63. The second-order valence-electron chi connectivity index (χ2n) is 5.94. The van der Waals surface area contributed by atoms with Crippen LogP contribution >= 0.6 is 0 Å². The first-order valence-corrected chi connectivity index (χ1v) is 6.53. The van der Waals surface area contributed by atoms with E-state index < -0.39 is 0 Å². The minimum absolute atomic E-state index is 0.304. The van der Waals surface area contributed by atoms with Crippen molar-refractivity contribution in [3.63, 3.8) is 0 Å². The van der Waals surface area contributed by atoms with Gasteiger partial charge >= 0.3 is 0 Å². The predicted molar refractivity (Wildman–Crippen MR) is 64.7 cm³/mol. The highest BCUT2D eigenvalue weighted by atomic mass is 15.2. The molecule has 3 unspecified atom stereocenters. The van der Waals surface area contributed by atoms with E-state index in [-0.39, 0.29) is 0 Å². The Balaban J connectivity index is 2.15. The third-order valence-electron chi connectivity index (χ3n) is 4.86. The van der Waals surface area contributed by atoms with Gasteiger partial charge in [-0.15, -0.1) is 0 Å². The molecule has 88 valence electrons. The molecular weight excluding hydrogens is 184 g/mol. The zero-order valence-electron chi connectivity index (χ0n) is 10.5. The summed E-state index contributed by atoms with van der Waals surface area (Å²) in [5.41, 5.74) is 6.42. The molecule has 2 fully saturated rings. The fourth-order valence-electron chi connectivity index (χ4n) is 3.46. The van der Waals surface area contributed by atoms with Gasteiger partial charge in [-0.2, -0.15) is 0 Å². The summed E-state index contributed by atoms with van der Waals surface area (Å²) in [7, 11) is 2.30. The van der Waals surface area contributed by atoms with Crippen molar-refractivity contribution in [3.05, 3.63) is 0 Å². The average Bonchev–Trinajstić information content (AvgIpc) is 3.04. The smallest absolute Gasteiger partial charge is 0.0359 e. The minimum atomic E-state index is 0.304. The molecule has 2 saturated carbocycles. The first kappa shape index (κ1) is 11.4. The Labute approximate surface area is 94.2 Å². The Morgan fingerprint density at radius 2 is 1.87 bits per heavy atom. The van der Waals surface area contributed by atoms with Crippen LogP contribution in [0.5, 0.6) is 0 Å². The monoisotopic (exact) mass is 210 g/mol. The van der Waals surface area contributed by atoms with Gasteiger partial charge in [0, 0.05) is 18.1 Å². The Hall–Kier alpha value is -0.0800. The van der Waals surface area contributed by atoms with Crippen molar-refractivity contribution in [2.24, 2.45) is 17.6 Å². The van der Waals surface area contributed by atoms with E-state index in [0.717, 1.165) is 24.4 Å². The lowest BCUT2D eigenvalue weighted by Crippen LogP contribution is -2.59. The fourth-order valence-corrected chi connectivity index (χ4v) is 3.46. The summed E-state index contributed by atoms with van der Waals surface area (Å²) in [4.78, 5) is 2.62. The minimum Gasteiger partial charge on any atom is -0.329 e. The van der Waals surface area contributed by atoms with Gasteiger partial charge < -0.3 is 5.73 Å². The van der Waals surface area contributed by atoms with Crippen LogP contribution in [0.3, 0.4) is 0 Å². The quantitative estimate of drug-likeness (QED) is 0.774. The standard InChI is InChI=1S/C13H26N2/c1-10-4-5-11(2)13(8-10,9-14)15(3)12-6-7-12/h10-12H,4-9,14H2,1-3H3. The highest BCUT2D eigenvalue weighted by Gasteiger charge is 2.47. The van der Waals surface area contributed by atoms with Crippen molar-refractivity contribution in [1.29, 1.82) is 0 Å². The Morgan fingerprint density at radius 3 is 2.40 bits per heavy atom. The second kappa shape index (κ2) is 4.06. The van der Waals surface area contributed by atoms with E-state index in [4.69, 9.17) is 5.73 Å². The molecule has 2 aliphatic rings. The zero-order chi connectivity index (χ0) is 11.1. The molecule has 0 radical (unpaired) electrons. The third kappa shape index (κ3) is 1.94. The highest BCUT2D eigenvalue weighted by molar-refractivity contribution is 5.03. The van der Waals surface area contributed by atoms with Gasteiger partial charge in [0.25, 0.3) is 0 Å². The van der Waals surface area contributed by atoms with E-state index in [9.17, 15) is 0 Å². The molecule has 0 bridgehead atoms. The molecule has 0 amide bonds. The van der Waals surface area contributed by atoms with Crippen LogP contribution in [0.25, 0.3) is 0 Å². The molecule has 0 aromatic rings. The van der Waals surface area contributed by atoms with Gasteiger partial charge in [-0.05, 0) is 44.6 Å². The van der Waals surface area contributed by atoms with Crippen molar-refractivity contribution < 1.29 is 0 Å². The van der Waals surface area contributed by atoms with E-state index in [1.165, 1.54) is 32.1 Å². The molecule has 0 spiro atoms. The molecule has 0 saturated heterocycles. The van der Waals surface area contributed by atoms with Gasteiger partial charge in [0.2, 0.25) is 0 Å². The molecule has 2 rings (SSSR count). The normalized spacial score (nSPS) is 42.2. The summed E-state index contributed by atoms with van der Waals surface area (Å²) in [5.74, 6) is 1.62.